The maximum Gasteiger partial charge on any atom is 0.0501 e. The van der Waals surface area contributed by atoms with Gasteiger partial charge in [0.25, 0.3) is 0 Å². The number of anilines is 2. The van der Waals surface area contributed by atoms with E-state index < -0.39 is 0 Å². The summed E-state index contributed by atoms with van der Waals surface area (Å²) in [6.07, 6.45) is 9.76. The predicted molar refractivity (Wildman–Crippen MR) is 222 cm³/mol. The summed E-state index contributed by atoms with van der Waals surface area (Å²) in [6, 6.07) is 46.4. The van der Waals surface area contributed by atoms with Crippen molar-refractivity contribution in [3.05, 3.63) is 173 Å². The average Bonchev–Trinajstić information content (AvgIpc) is 3.75. The lowest BCUT2D eigenvalue weighted by Gasteiger charge is -2.29. The number of hydrogen-bond donors (Lipinski definition) is 0. The highest BCUT2D eigenvalue weighted by Gasteiger charge is 2.42. The zero-order valence-electron chi connectivity index (χ0n) is 30.0. The van der Waals surface area contributed by atoms with E-state index in [0.29, 0.717) is 5.92 Å². The normalized spacial score (nSPS) is 18.4. The monoisotopic (exact) mass is 687 g/mol. The van der Waals surface area contributed by atoms with E-state index in [9.17, 15) is 0 Å². The quantitative estimate of drug-likeness (QED) is 0.178. The van der Waals surface area contributed by atoms with Gasteiger partial charge in [0.15, 0.2) is 0 Å². The van der Waals surface area contributed by atoms with Crippen molar-refractivity contribution in [1.29, 1.82) is 0 Å². The molecule has 0 radical (unpaired) electrons. The minimum absolute atomic E-state index is 0.0941. The molecular weight excluding hydrogens is 647 g/mol. The van der Waals surface area contributed by atoms with Gasteiger partial charge in [-0.1, -0.05) is 99.1 Å². The molecule has 1 fully saturated rings. The third-order valence-corrected chi connectivity index (χ3v) is 14.0. The third-order valence-electron chi connectivity index (χ3n) is 12.8. The second-order valence-corrected chi connectivity index (χ2v) is 17.1. The molecule has 7 aromatic rings. The van der Waals surface area contributed by atoms with Crippen molar-refractivity contribution in [3.63, 3.8) is 0 Å². The highest BCUT2D eigenvalue weighted by molar-refractivity contribution is 7.25. The van der Waals surface area contributed by atoms with Crippen molar-refractivity contribution in [1.82, 2.24) is 0 Å². The first kappa shape index (κ1) is 30.4. The number of fused-ring (bicyclic) bond motifs is 9. The fourth-order valence-corrected chi connectivity index (χ4v) is 10.9. The Morgan fingerprint density at radius 1 is 0.635 bits per heavy atom. The van der Waals surface area contributed by atoms with E-state index in [2.05, 4.69) is 159 Å². The second kappa shape index (κ2) is 11.2. The first-order valence-electron chi connectivity index (χ1n) is 19.0. The van der Waals surface area contributed by atoms with Crippen LogP contribution in [0.2, 0.25) is 0 Å². The van der Waals surface area contributed by atoms with E-state index in [-0.39, 0.29) is 11.3 Å². The van der Waals surface area contributed by atoms with Gasteiger partial charge in [0.2, 0.25) is 0 Å². The fraction of sp³-hybridized carbons (Fsp3) is 0.200. The summed E-state index contributed by atoms with van der Waals surface area (Å²) in [4.78, 5) is 2.55. The summed E-state index contributed by atoms with van der Waals surface area (Å²) in [5.74, 6) is 0.976. The molecule has 1 atom stereocenters. The van der Waals surface area contributed by atoms with Crippen molar-refractivity contribution in [2.75, 3.05) is 4.90 Å². The van der Waals surface area contributed by atoms with Gasteiger partial charge < -0.3 is 4.90 Å². The Balaban J connectivity index is 1.07. The summed E-state index contributed by atoms with van der Waals surface area (Å²) in [5.41, 5.74) is 19.5. The predicted octanol–water partition coefficient (Wildman–Crippen LogP) is 14.2. The zero-order valence-corrected chi connectivity index (χ0v) is 30.9. The molecule has 2 heterocycles. The molecule has 11 rings (SSSR count). The van der Waals surface area contributed by atoms with Crippen LogP contribution in [-0.4, -0.2) is 0 Å². The largest absolute Gasteiger partial charge is 0.313 e. The van der Waals surface area contributed by atoms with E-state index >= 15 is 0 Å². The highest BCUT2D eigenvalue weighted by Crippen LogP contribution is 2.59. The number of nitrogens with zero attached hydrogens (tertiary/aromatic N) is 1. The van der Waals surface area contributed by atoms with Crippen molar-refractivity contribution >= 4 is 48.5 Å². The number of allylic oxidation sites excluding steroid dienone is 4. The highest BCUT2D eigenvalue weighted by atomic mass is 32.1. The topological polar surface area (TPSA) is 3.24 Å². The van der Waals surface area contributed by atoms with Crippen LogP contribution in [0, 0.1) is 6.92 Å². The lowest BCUT2D eigenvalue weighted by Crippen LogP contribution is -2.17. The minimum atomic E-state index is -0.0941. The maximum absolute atomic E-state index is 2.59. The molecule has 52 heavy (non-hydrogen) atoms. The standard InChI is InChI=1S/C50H41NS/c1-30-24-44-39(27-38(30)36-17-8-7-16-35(36)31-12-11-13-31)40-28-42-41-25-32(33-21-23-49-43(26-33)37-18-9-10-19-48(37)52-49)20-22-46(41)51(34-14-5-4-6-15-34)47(42)29-45(40)50(44,2)3/h4-10,14-24,26-29,31,41H,11-13,25H2,1-3H3. The van der Waals surface area contributed by atoms with Gasteiger partial charge in [-0.15, -0.1) is 11.3 Å². The van der Waals surface area contributed by atoms with Crippen LogP contribution in [0.3, 0.4) is 0 Å². The molecule has 1 aromatic heterocycles. The summed E-state index contributed by atoms with van der Waals surface area (Å²) in [6.45, 7) is 7.19. The lowest BCUT2D eigenvalue weighted by atomic mass is 9.76. The van der Waals surface area contributed by atoms with Gasteiger partial charge in [-0.25, -0.2) is 0 Å². The molecule has 1 unspecified atom stereocenters. The van der Waals surface area contributed by atoms with Gasteiger partial charge in [-0.05, 0) is 148 Å². The number of para-hydroxylation sites is 1. The Morgan fingerprint density at radius 2 is 1.38 bits per heavy atom. The first-order chi connectivity index (χ1) is 25.4. The van der Waals surface area contributed by atoms with Crippen LogP contribution in [0.5, 0.6) is 0 Å². The molecule has 0 saturated heterocycles. The first-order valence-corrected chi connectivity index (χ1v) is 19.9. The summed E-state index contributed by atoms with van der Waals surface area (Å²) < 4.78 is 2.72. The van der Waals surface area contributed by atoms with E-state index in [4.69, 9.17) is 0 Å². The summed E-state index contributed by atoms with van der Waals surface area (Å²) in [7, 11) is 0. The minimum Gasteiger partial charge on any atom is -0.313 e. The second-order valence-electron chi connectivity index (χ2n) is 16.0. The summed E-state index contributed by atoms with van der Waals surface area (Å²) in [5, 5.41) is 2.73. The van der Waals surface area contributed by atoms with Crippen LogP contribution in [0.15, 0.2) is 139 Å². The number of thiophene rings is 1. The van der Waals surface area contributed by atoms with E-state index in [1.165, 1.54) is 118 Å². The van der Waals surface area contributed by atoms with Gasteiger partial charge in [0, 0.05) is 42.9 Å². The van der Waals surface area contributed by atoms with Crippen LogP contribution in [0.25, 0.3) is 48.0 Å². The van der Waals surface area contributed by atoms with E-state index in [0.717, 1.165) is 6.42 Å². The fourth-order valence-electron chi connectivity index (χ4n) is 9.86. The van der Waals surface area contributed by atoms with Crippen molar-refractivity contribution in [2.24, 2.45) is 0 Å². The third kappa shape index (κ3) is 4.34. The Labute approximate surface area is 310 Å². The van der Waals surface area contributed by atoms with Crippen LogP contribution >= 0.6 is 11.3 Å². The van der Waals surface area contributed by atoms with Crippen molar-refractivity contribution in [3.8, 4) is 22.3 Å². The molecule has 1 aliphatic heterocycles. The van der Waals surface area contributed by atoms with Gasteiger partial charge >= 0.3 is 0 Å². The maximum atomic E-state index is 2.59. The molecule has 0 N–H and O–H groups in total. The van der Waals surface area contributed by atoms with Crippen LogP contribution in [0.1, 0.15) is 84.7 Å². The van der Waals surface area contributed by atoms with Gasteiger partial charge in [-0.2, -0.15) is 0 Å². The van der Waals surface area contributed by atoms with Gasteiger partial charge in [0.1, 0.15) is 0 Å². The van der Waals surface area contributed by atoms with Crippen LogP contribution < -0.4 is 4.90 Å². The Kier molecular flexibility index (Phi) is 6.53. The molecule has 4 aliphatic rings. The number of benzene rings is 6. The molecule has 0 bridgehead atoms. The molecule has 1 nitrogen and oxygen atoms in total. The molecule has 252 valence electrons. The molecule has 2 heteroatoms. The lowest BCUT2D eigenvalue weighted by molar-refractivity contribution is 0.420. The number of rotatable bonds is 4. The Morgan fingerprint density at radius 3 is 2.23 bits per heavy atom. The summed E-state index contributed by atoms with van der Waals surface area (Å²) >= 11 is 1.89. The molecule has 3 aliphatic carbocycles. The van der Waals surface area contributed by atoms with E-state index in [1.807, 2.05) is 11.3 Å². The Hall–Kier alpha value is -5.18. The van der Waals surface area contributed by atoms with Crippen LogP contribution in [0.4, 0.5) is 11.4 Å². The number of aryl methyl sites for hydroxylation is 1. The molecule has 6 aromatic carbocycles. The van der Waals surface area contributed by atoms with Crippen LogP contribution in [-0.2, 0) is 5.41 Å². The smallest absolute Gasteiger partial charge is 0.0501 e. The van der Waals surface area contributed by atoms with Crippen molar-refractivity contribution < 1.29 is 0 Å². The molecule has 0 amide bonds. The molecular formula is C50H41NS. The van der Waals surface area contributed by atoms with Crippen molar-refractivity contribution in [2.45, 2.75) is 63.7 Å². The molecule has 1 saturated carbocycles. The SMILES string of the molecule is Cc1cc2c(cc1-c1ccccc1C1CCC1)-c1cc3c(cc1C2(C)C)N(c1ccccc1)C1=CC=C(c2ccc4sc5ccccc5c4c2)CC13. The zero-order chi connectivity index (χ0) is 34.7. The Bertz CT molecular complexity index is 2680. The van der Waals surface area contributed by atoms with Gasteiger partial charge in [0.05, 0.1) is 5.69 Å². The molecule has 0 spiro atoms. The van der Waals surface area contributed by atoms with Gasteiger partial charge in [-0.3, -0.25) is 0 Å². The number of hydrogen-bond acceptors (Lipinski definition) is 2. The average molecular weight is 688 g/mol. The van der Waals surface area contributed by atoms with E-state index in [1.54, 1.807) is 0 Å².